The number of fused-ring (bicyclic) bond motifs is 1. The molecule has 0 radical (unpaired) electrons. The van der Waals surface area contributed by atoms with Crippen LogP contribution in [0.4, 0.5) is 0 Å². The van der Waals surface area contributed by atoms with E-state index in [1.807, 2.05) is 12.1 Å². The minimum Gasteiger partial charge on any atom is -0.457 e. The molecule has 0 aliphatic rings. The summed E-state index contributed by atoms with van der Waals surface area (Å²) < 4.78 is 6.66. The van der Waals surface area contributed by atoms with E-state index in [1.54, 1.807) is 11.5 Å². The van der Waals surface area contributed by atoms with Crippen LogP contribution in [-0.2, 0) is 17.7 Å². The van der Waals surface area contributed by atoms with Crippen LogP contribution in [0.2, 0.25) is 0 Å². The van der Waals surface area contributed by atoms with Gasteiger partial charge in [0.1, 0.15) is 16.3 Å². The molecule has 0 amide bonds. The molecule has 1 aromatic carbocycles. The zero-order valence-corrected chi connectivity index (χ0v) is 15.6. The van der Waals surface area contributed by atoms with Crippen molar-refractivity contribution in [1.82, 2.24) is 9.55 Å². The monoisotopic (exact) mass is 368 g/mol. The zero-order valence-electron chi connectivity index (χ0n) is 14.8. The van der Waals surface area contributed by atoms with E-state index in [9.17, 15) is 9.59 Å². The van der Waals surface area contributed by atoms with Crippen molar-refractivity contribution in [3.8, 4) is 0 Å². The molecule has 26 heavy (non-hydrogen) atoms. The van der Waals surface area contributed by atoms with Crippen molar-refractivity contribution in [2.75, 3.05) is 6.61 Å². The van der Waals surface area contributed by atoms with E-state index < -0.39 is 5.97 Å². The Morgan fingerprint density at radius 2 is 2.00 bits per heavy atom. The normalized spacial score (nSPS) is 10.8. The number of thiophene rings is 1. The van der Waals surface area contributed by atoms with Gasteiger partial charge in [0, 0.05) is 0 Å². The Kier molecular flexibility index (Phi) is 5.32. The average molecular weight is 368 g/mol. The summed E-state index contributed by atoms with van der Waals surface area (Å²) in [6.45, 7) is 7.97. The molecule has 0 spiro atoms. The average Bonchev–Trinajstić information content (AvgIpc) is 3.00. The second kappa shape index (κ2) is 7.66. The van der Waals surface area contributed by atoms with Crippen molar-refractivity contribution in [2.45, 2.75) is 26.8 Å². The Morgan fingerprint density at radius 3 is 2.65 bits per heavy atom. The lowest BCUT2D eigenvalue weighted by Gasteiger charge is -2.06. The Labute approximate surface area is 155 Å². The van der Waals surface area contributed by atoms with Crippen LogP contribution in [0.25, 0.3) is 10.2 Å². The Morgan fingerprint density at radius 1 is 1.31 bits per heavy atom. The van der Waals surface area contributed by atoms with Crippen LogP contribution >= 0.6 is 11.3 Å². The van der Waals surface area contributed by atoms with Gasteiger partial charge in [-0.25, -0.2) is 9.78 Å². The maximum Gasteiger partial charge on any atom is 0.348 e. The molecule has 3 rings (SSSR count). The summed E-state index contributed by atoms with van der Waals surface area (Å²) in [4.78, 5) is 30.4. The maximum absolute atomic E-state index is 12.9. The Hall–Kier alpha value is -2.73. The second-order valence-electron chi connectivity index (χ2n) is 5.97. The van der Waals surface area contributed by atoms with E-state index in [0.717, 1.165) is 12.0 Å². The largest absolute Gasteiger partial charge is 0.457 e. The molecule has 2 heterocycles. The fraction of sp³-hybridized carbons (Fsp3) is 0.250. The summed E-state index contributed by atoms with van der Waals surface area (Å²) in [6, 6.07) is 8.17. The van der Waals surface area contributed by atoms with Crippen LogP contribution < -0.4 is 5.56 Å². The van der Waals surface area contributed by atoms with Gasteiger partial charge < -0.3 is 4.74 Å². The number of rotatable bonds is 6. The minimum atomic E-state index is -0.452. The van der Waals surface area contributed by atoms with Crippen LogP contribution in [0.5, 0.6) is 0 Å². The number of hydrogen-bond donors (Lipinski definition) is 0. The van der Waals surface area contributed by atoms with Gasteiger partial charge >= 0.3 is 5.97 Å². The summed E-state index contributed by atoms with van der Waals surface area (Å²) in [6.07, 6.45) is 4.02. The van der Waals surface area contributed by atoms with Crippen molar-refractivity contribution < 1.29 is 9.53 Å². The molecule has 134 valence electrons. The minimum absolute atomic E-state index is 0.137. The molecule has 0 aliphatic heterocycles. The van der Waals surface area contributed by atoms with Gasteiger partial charge in [0.25, 0.3) is 5.56 Å². The first-order valence-electron chi connectivity index (χ1n) is 8.39. The van der Waals surface area contributed by atoms with Crippen molar-refractivity contribution in [3.05, 3.63) is 75.2 Å². The summed E-state index contributed by atoms with van der Waals surface area (Å²) >= 11 is 1.18. The maximum atomic E-state index is 12.9. The van der Waals surface area contributed by atoms with Gasteiger partial charge in [0.2, 0.25) is 0 Å². The second-order valence-corrected chi connectivity index (χ2v) is 6.97. The van der Waals surface area contributed by atoms with Gasteiger partial charge in [0.05, 0.1) is 18.3 Å². The van der Waals surface area contributed by atoms with Crippen molar-refractivity contribution in [1.29, 1.82) is 0 Å². The van der Waals surface area contributed by atoms with E-state index in [0.29, 0.717) is 27.2 Å². The van der Waals surface area contributed by atoms with Gasteiger partial charge in [0.15, 0.2) is 0 Å². The van der Waals surface area contributed by atoms with Gasteiger partial charge in [-0.2, -0.15) is 0 Å². The topological polar surface area (TPSA) is 61.2 Å². The molecule has 0 aliphatic carbocycles. The lowest BCUT2D eigenvalue weighted by atomic mass is 10.1. The molecule has 0 saturated heterocycles. The van der Waals surface area contributed by atoms with Crippen LogP contribution in [0.1, 0.15) is 33.3 Å². The van der Waals surface area contributed by atoms with Gasteiger partial charge in [-0.05, 0) is 30.0 Å². The van der Waals surface area contributed by atoms with Gasteiger partial charge in [-0.3, -0.25) is 9.36 Å². The highest BCUT2D eigenvalue weighted by molar-refractivity contribution is 7.20. The predicted molar refractivity (Wildman–Crippen MR) is 104 cm³/mol. The highest BCUT2D eigenvalue weighted by Crippen LogP contribution is 2.27. The van der Waals surface area contributed by atoms with E-state index in [2.05, 4.69) is 30.6 Å². The lowest BCUT2D eigenvalue weighted by Crippen LogP contribution is -2.21. The van der Waals surface area contributed by atoms with E-state index >= 15 is 0 Å². The third kappa shape index (κ3) is 3.46. The number of hydrogen-bond acceptors (Lipinski definition) is 5. The molecule has 0 fully saturated rings. The highest BCUT2D eigenvalue weighted by Gasteiger charge is 2.20. The summed E-state index contributed by atoms with van der Waals surface area (Å²) in [7, 11) is 0. The molecule has 0 bridgehead atoms. The number of nitrogens with zero attached hydrogens (tertiary/aromatic N) is 2. The smallest absolute Gasteiger partial charge is 0.348 e. The molecular formula is C20H20N2O3S. The highest BCUT2D eigenvalue weighted by atomic mass is 32.1. The number of carbonyl (C=O) groups excluding carboxylic acids is 1. The fourth-order valence-corrected chi connectivity index (χ4v) is 3.78. The number of esters is 1. The first-order valence-corrected chi connectivity index (χ1v) is 9.21. The fourth-order valence-electron chi connectivity index (χ4n) is 2.74. The third-order valence-electron chi connectivity index (χ3n) is 4.22. The molecule has 3 aromatic rings. The Bertz CT molecular complexity index is 1020. The van der Waals surface area contributed by atoms with E-state index in [-0.39, 0.29) is 12.2 Å². The molecule has 0 atom stereocenters. The summed E-state index contributed by atoms with van der Waals surface area (Å²) in [5.74, 6) is -0.452. The summed E-state index contributed by atoms with van der Waals surface area (Å²) in [5, 5.41) is 0.480. The molecular weight excluding hydrogens is 348 g/mol. The number of aryl methyl sites for hydroxylation is 2. The Balaban J connectivity index is 1.97. The van der Waals surface area contributed by atoms with Crippen LogP contribution in [0, 0.1) is 6.92 Å². The number of aromatic nitrogens is 2. The van der Waals surface area contributed by atoms with Crippen molar-refractivity contribution >= 4 is 27.5 Å². The van der Waals surface area contributed by atoms with Crippen LogP contribution in [0.3, 0.4) is 0 Å². The standard InChI is InChI=1S/C20H20N2O3S/c1-4-10-25-20(24)17-13(3)16-18(26-17)21-12-22(19(16)23)11-15-8-6-14(5-2)7-9-15/h4,6-9,12H,1,5,10-11H2,2-3H3. The third-order valence-corrected chi connectivity index (χ3v) is 5.40. The van der Waals surface area contributed by atoms with Gasteiger partial charge in [-0.15, -0.1) is 11.3 Å². The molecule has 0 N–H and O–H groups in total. The molecule has 0 unspecified atom stereocenters. The predicted octanol–water partition coefficient (Wildman–Crippen LogP) is 3.72. The first-order chi connectivity index (χ1) is 12.5. The van der Waals surface area contributed by atoms with Crippen LogP contribution in [-0.4, -0.2) is 22.1 Å². The molecule has 6 heteroatoms. The van der Waals surface area contributed by atoms with E-state index in [4.69, 9.17) is 4.74 Å². The van der Waals surface area contributed by atoms with Gasteiger partial charge in [-0.1, -0.05) is 43.8 Å². The summed E-state index contributed by atoms with van der Waals surface area (Å²) in [5.41, 5.74) is 2.76. The zero-order chi connectivity index (χ0) is 18.7. The van der Waals surface area contributed by atoms with Crippen molar-refractivity contribution in [3.63, 3.8) is 0 Å². The number of ether oxygens (including phenoxy) is 1. The molecule has 2 aromatic heterocycles. The van der Waals surface area contributed by atoms with Crippen molar-refractivity contribution in [2.24, 2.45) is 0 Å². The van der Waals surface area contributed by atoms with E-state index in [1.165, 1.54) is 29.3 Å². The lowest BCUT2D eigenvalue weighted by molar-refractivity contribution is 0.0555. The number of benzene rings is 1. The first kappa shape index (κ1) is 18.1. The molecule has 0 saturated carbocycles. The quantitative estimate of drug-likeness (QED) is 0.491. The number of carbonyl (C=O) groups is 1. The molecule has 5 nitrogen and oxygen atoms in total. The SMILES string of the molecule is C=CCOC(=O)c1sc2ncn(Cc3ccc(CC)cc3)c(=O)c2c1C. The van der Waals surface area contributed by atoms with Crippen LogP contribution in [0.15, 0.2) is 48.0 Å².